The van der Waals surface area contributed by atoms with Crippen LogP contribution in [-0.2, 0) is 21.0 Å². The molecule has 1 saturated heterocycles. The third kappa shape index (κ3) is 5.23. The van der Waals surface area contributed by atoms with Gasteiger partial charge in [-0.25, -0.2) is 13.4 Å². The average Bonchev–Trinajstić information content (AvgIpc) is 3.28. The van der Waals surface area contributed by atoms with E-state index in [1.807, 2.05) is 0 Å². The molecule has 7 nitrogen and oxygen atoms in total. The Morgan fingerprint density at radius 3 is 2.58 bits per heavy atom. The number of pyridine rings is 1. The Kier molecular flexibility index (Phi) is 6.50. The Balaban J connectivity index is 1.37. The molecule has 2 aromatic heterocycles. The maximum atomic E-state index is 12.9. The normalized spacial score (nSPS) is 16.0. The van der Waals surface area contributed by atoms with Crippen molar-refractivity contribution in [2.45, 2.75) is 23.9 Å². The fourth-order valence-electron chi connectivity index (χ4n) is 3.53. The lowest BCUT2D eigenvalue weighted by Crippen LogP contribution is -2.41. The minimum atomic E-state index is -4.46. The molecule has 3 heterocycles. The Morgan fingerprint density at radius 2 is 1.91 bits per heavy atom. The van der Waals surface area contributed by atoms with E-state index >= 15 is 0 Å². The quantitative estimate of drug-likeness (QED) is 0.570. The summed E-state index contributed by atoms with van der Waals surface area (Å²) < 4.78 is 65.5. The predicted octanol–water partition coefficient (Wildman–Crippen LogP) is 4.26. The van der Waals surface area contributed by atoms with Gasteiger partial charge in [0, 0.05) is 42.3 Å². The second-order valence-corrected chi connectivity index (χ2v) is 10.3. The van der Waals surface area contributed by atoms with E-state index in [4.69, 9.17) is 0 Å². The Labute approximate surface area is 192 Å². The van der Waals surface area contributed by atoms with Crippen molar-refractivity contribution in [3.63, 3.8) is 0 Å². The molecule has 0 radical (unpaired) electrons. The van der Waals surface area contributed by atoms with Gasteiger partial charge in [0.2, 0.25) is 15.9 Å². The van der Waals surface area contributed by atoms with Crippen LogP contribution >= 0.6 is 11.3 Å². The van der Waals surface area contributed by atoms with Crippen molar-refractivity contribution in [1.29, 1.82) is 0 Å². The SMILES string of the molecule is O=C(Nc1nc(-c2cccc(C(F)(F)F)c2)cs1)C1CCN(S(=O)(=O)c2cccnc2)CC1. The summed E-state index contributed by atoms with van der Waals surface area (Å²) in [5, 5.41) is 4.55. The highest BCUT2D eigenvalue weighted by Gasteiger charge is 2.33. The lowest BCUT2D eigenvalue weighted by atomic mass is 9.97. The van der Waals surface area contributed by atoms with Crippen LogP contribution in [-0.4, -0.2) is 41.7 Å². The van der Waals surface area contributed by atoms with Gasteiger partial charge >= 0.3 is 6.18 Å². The topological polar surface area (TPSA) is 92.3 Å². The van der Waals surface area contributed by atoms with Crippen LogP contribution in [0.15, 0.2) is 59.1 Å². The molecule has 0 saturated carbocycles. The van der Waals surface area contributed by atoms with Gasteiger partial charge < -0.3 is 5.32 Å². The zero-order chi connectivity index (χ0) is 23.6. The van der Waals surface area contributed by atoms with E-state index in [1.165, 1.54) is 34.9 Å². The number of piperidine rings is 1. The van der Waals surface area contributed by atoms with Crippen LogP contribution in [0.4, 0.5) is 18.3 Å². The van der Waals surface area contributed by atoms with Gasteiger partial charge in [-0.2, -0.15) is 17.5 Å². The zero-order valence-corrected chi connectivity index (χ0v) is 18.8. The maximum Gasteiger partial charge on any atom is 0.416 e. The highest BCUT2D eigenvalue weighted by Crippen LogP contribution is 2.33. The Morgan fingerprint density at radius 1 is 1.15 bits per heavy atom. The molecule has 0 atom stereocenters. The monoisotopic (exact) mass is 496 g/mol. The van der Waals surface area contributed by atoms with Crippen molar-refractivity contribution < 1.29 is 26.4 Å². The number of benzene rings is 1. The third-order valence-corrected chi connectivity index (χ3v) is 7.96. The summed E-state index contributed by atoms with van der Waals surface area (Å²) in [5.41, 5.74) is -0.138. The summed E-state index contributed by atoms with van der Waals surface area (Å²) in [6.45, 7) is 0.394. The standard InChI is InChI=1S/C21H19F3N4O3S2/c22-21(23,24)16-4-1-3-15(11-16)18-13-32-20(26-18)27-19(29)14-6-9-28(10-7-14)33(30,31)17-5-2-8-25-12-17/h1-5,8,11-14H,6-7,9-10H2,(H,26,27,29). The molecule has 1 aliphatic rings. The van der Waals surface area contributed by atoms with Gasteiger partial charge in [0.15, 0.2) is 5.13 Å². The van der Waals surface area contributed by atoms with E-state index in [-0.39, 0.29) is 29.0 Å². The molecule has 4 rings (SSSR count). The number of nitrogens with zero attached hydrogens (tertiary/aromatic N) is 3. The minimum Gasteiger partial charge on any atom is -0.302 e. The van der Waals surface area contributed by atoms with Gasteiger partial charge in [-0.3, -0.25) is 9.78 Å². The van der Waals surface area contributed by atoms with Gasteiger partial charge in [-0.05, 0) is 37.1 Å². The van der Waals surface area contributed by atoms with Crippen LogP contribution < -0.4 is 5.32 Å². The number of halogens is 3. The molecule has 12 heteroatoms. The van der Waals surface area contributed by atoms with Gasteiger partial charge in [0.1, 0.15) is 4.90 Å². The number of anilines is 1. The number of hydrogen-bond donors (Lipinski definition) is 1. The van der Waals surface area contributed by atoms with Gasteiger partial charge in [-0.1, -0.05) is 12.1 Å². The second-order valence-electron chi connectivity index (χ2n) is 7.47. The first-order valence-electron chi connectivity index (χ1n) is 9.99. The van der Waals surface area contributed by atoms with Crippen molar-refractivity contribution in [3.05, 3.63) is 59.7 Å². The van der Waals surface area contributed by atoms with Crippen LogP contribution in [0.3, 0.4) is 0 Å². The number of rotatable bonds is 5. The number of carbonyl (C=O) groups is 1. The Hall–Kier alpha value is -2.83. The molecule has 3 aromatic rings. The molecule has 0 bridgehead atoms. The van der Waals surface area contributed by atoms with Crippen LogP contribution in [0, 0.1) is 5.92 Å². The molecule has 1 amide bonds. The zero-order valence-electron chi connectivity index (χ0n) is 17.1. The van der Waals surface area contributed by atoms with Crippen molar-refractivity contribution in [2.24, 2.45) is 5.92 Å². The number of sulfonamides is 1. The molecule has 0 unspecified atom stereocenters. The van der Waals surface area contributed by atoms with Crippen molar-refractivity contribution in [1.82, 2.24) is 14.3 Å². The van der Waals surface area contributed by atoms with Crippen molar-refractivity contribution in [3.8, 4) is 11.3 Å². The minimum absolute atomic E-state index is 0.109. The molecule has 174 valence electrons. The number of hydrogen-bond acceptors (Lipinski definition) is 6. The van der Waals surface area contributed by atoms with Crippen LogP contribution in [0.2, 0.25) is 0 Å². The average molecular weight is 497 g/mol. The Bertz CT molecular complexity index is 1240. The van der Waals surface area contributed by atoms with Gasteiger partial charge in [0.05, 0.1) is 11.3 Å². The highest BCUT2D eigenvalue weighted by atomic mass is 32.2. The van der Waals surface area contributed by atoms with E-state index in [0.717, 1.165) is 23.5 Å². The van der Waals surface area contributed by atoms with E-state index in [0.29, 0.717) is 24.1 Å². The van der Waals surface area contributed by atoms with E-state index in [2.05, 4.69) is 15.3 Å². The molecule has 1 aromatic carbocycles. The molecule has 1 aliphatic heterocycles. The smallest absolute Gasteiger partial charge is 0.302 e. The summed E-state index contributed by atoms with van der Waals surface area (Å²) >= 11 is 1.11. The molecular weight excluding hydrogens is 477 g/mol. The molecular formula is C21H19F3N4O3S2. The third-order valence-electron chi connectivity index (χ3n) is 5.32. The number of thiazole rings is 1. The first kappa shape index (κ1) is 23.3. The van der Waals surface area contributed by atoms with Crippen molar-refractivity contribution in [2.75, 3.05) is 18.4 Å². The highest BCUT2D eigenvalue weighted by molar-refractivity contribution is 7.89. The molecule has 0 spiro atoms. The molecule has 1 fully saturated rings. The molecule has 33 heavy (non-hydrogen) atoms. The number of alkyl halides is 3. The largest absolute Gasteiger partial charge is 0.416 e. The van der Waals surface area contributed by atoms with Crippen LogP contribution in [0.1, 0.15) is 18.4 Å². The fourth-order valence-corrected chi connectivity index (χ4v) is 5.69. The fraction of sp³-hybridized carbons (Fsp3) is 0.286. The lowest BCUT2D eigenvalue weighted by molar-refractivity contribution is -0.137. The summed E-state index contributed by atoms with van der Waals surface area (Å²) in [6.07, 6.45) is -0.984. The first-order chi connectivity index (χ1) is 15.6. The predicted molar refractivity (Wildman–Crippen MR) is 117 cm³/mol. The first-order valence-corrected chi connectivity index (χ1v) is 12.3. The maximum absolute atomic E-state index is 12.9. The van der Waals surface area contributed by atoms with E-state index in [1.54, 1.807) is 11.4 Å². The summed E-state index contributed by atoms with van der Waals surface area (Å²) in [4.78, 5) is 20.8. The second kappa shape index (κ2) is 9.20. The van der Waals surface area contributed by atoms with E-state index < -0.39 is 27.7 Å². The summed E-state index contributed by atoms with van der Waals surface area (Å²) in [7, 11) is -3.66. The number of carbonyl (C=O) groups excluding carboxylic acids is 1. The lowest BCUT2D eigenvalue weighted by Gasteiger charge is -2.30. The summed E-state index contributed by atoms with van der Waals surface area (Å²) in [6, 6.07) is 7.86. The van der Waals surface area contributed by atoms with E-state index in [9.17, 15) is 26.4 Å². The number of amides is 1. The molecule has 0 aliphatic carbocycles. The van der Waals surface area contributed by atoms with Crippen molar-refractivity contribution >= 4 is 32.4 Å². The molecule has 1 N–H and O–H groups in total. The number of aromatic nitrogens is 2. The van der Waals surface area contributed by atoms with Crippen LogP contribution in [0.5, 0.6) is 0 Å². The van der Waals surface area contributed by atoms with Gasteiger partial charge in [-0.15, -0.1) is 11.3 Å². The summed E-state index contributed by atoms with van der Waals surface area (Å²) in [5.74, 6) is -0.690. The van der Waals surface area contributed by atoms with Gasteiger partial charge in [0.25, 0.3) is 0 Å². The number of nitrogens with one attached hydrogen (secondary N) is 1. The van der Waals surface area contributed by atoms with Crippen LogP contribution in [0.25, 0.3) is 11.3 Å².